The van der Waals surface area contributed by atoms with Crippen molar-refractivity contribution in [1.29, 1.82) is 0 Å². The number of aryl methyl sites for hydroxylation is 2. The molecular weight excluding hydrogens is 260 g/mol. The molecule has 19 heavy (non-hydrogen) atoms. The van der Waals surface area contributed by atoms with Gasteiger partial charge in [0.2, 0.25) is 0 Å². The van der Waals surface area contributed by atoms with E-state index in [0.29, 0.717) is 10.6 Å². The van der Waals surface area contributed by atoms with Crippen molar-refractivity contribution in [2.75, 3.05) is 5.32 Å². The maximum absolute atomic E-state index is 12.0. The van der Waals surface area contributed by atoms with Crippen LogP contribution in [0.1, 0.15) is 15.4 Å². The van der Waals surface area contributed by atoms with Gasteiger partial charge in [-0.3, -0.25) is 9.48 Å². The number of amides is 1. The topological polar surface area (TPSA) is 59.8 Å². The van der Waals surface area contributed by atoms with Crippen LogP contribution in [-0.2, 0) is 7.05 Å². The van der Waals surface area contributed by atoms with Crippen LogP contribution in [0.3, 0.4) is 0 Å². The molecule has 3 rings (SSSR count). The van der Waals surface area contributed by atoms with Crippen molar-refractivity contribution in [3.63, 3.8) is 0 Å². The minimum Gasteiger partial charge on any atom is -0.320 e. The average Bonchev–Trinajstić information content (AvgIpc) is 2.99. The van der Waals surface area contributed by atoms with E-state index < -0.39 is 0 Å². The Labute approximate surface area is 113 Å². The molecule has 0 atom stereocenters. The molecule has 0 aromatic carbocycles. The Kier molecular flexibility index (Phi) is 2.79. The summed E-state index contributed by atoms with van der Waals surface area (Å²) in [6.07, 6.45) is 1.65. The molecule has 3 aromatic rings. The SMILES string of the molecule is Cc1nn(C)c2ncc(NC(=O)c3cccs3)cc12. The molecule has 0 saturated heterocycles. The van der Waals surface area contributed by atoms with Crippen LogP contribution in [0.4, 0.5) is 5.69 Å². The number of hydrogen-bond acceptors (Lipinski definition) is 4. The van der Waals surface area contributed by atoms with Crippen molar-refractivity contribution in [3.8, 4) is 0 Å². The number of fused-ring (bicyclic) bond motifs is 1. The molecule has 6 heteroatoms. The number of pyridine rings is 1. The first kappa shape index (κ1) is 11.9. The third kappa shape index (κ3) is 2.10. The number of aromatic nitrogens is 3. The molecule has 0 aliphatic carbocycles. The zero-order chi connectivity index (χ0) is 13.4. The number of carbonyl (C=O) groups excluding carboxylic acids is 1. The number of thiophene rings is 1. The lowest BCUT2D eigenvalue weighted by Gasteiger charge is -2.03. The van der Waals surface area contributed by atoms with E-state index in [9.17, 15) is 4.79 Å². The van der Waals surface area contributed by atoms with E-state index >= 15 is 0 Å². The summed E-state index contributed by atoms with van der Waals surface area (Å²) >= 11 is 1.41. The van der Waals surface area contributed by atoms with Crippen LogP contribution in [0.15, 0.2) is 29.8 Å². The number of rotatable bonds is 2. The van der Waals surface area contributed by atoms with Gasteiger partial charge in [0.05, 0.1) is 22.5 Å². The van der Waals surface area contributed by atoms with E-state index in [1.165, 1.54) is 11.3 Å². The zero-order valence-electron chi connectivity index (χ0n) is 10.5. The lowest BCUT2D eigenvalue weighted by atomic mass is 10.2. The van der Waals surface area contributed by atoms with Gasteiger partial charge in [0, 0.05) is 12.4 Å². The number of nitrogens with zero attached hydrogens (tertiary/aromatic N) is 3. The fourth-order valence-electron chi connectivity index (χ4n) is 1.98. The smallest absolute Gasteiger partial charge is 0.265 e. The molecule has 0 spiro atoms. The molecule has 3 heterocycles. The van der Waals surface area contributed by atoms with Crippen molar-refractivity contribution in [2.45, 2.75) is 6.92 Å². The molecule has 1 N–H and O–H groups in total. The van der Waals surface area contributed by atoms with Gasteiger partial charge in [-0.1, -0.05) is 6.07 Å². The lowest BCUT2D eigenvalue weighted by molar-refractivity contribution is 0.103. The molecule has 96 valence electrons. The fourth-order valence-corrected chi connectivity index (χ4v) is 2.60. The van der Waals surface area contributed by atoms with Crippen LogP contribution in [0.25, 0.3) is 11.0 Å². The highest BCUT2D eigenvalue weighted by atomic mass is 32.1. The molecule has 5 nitrogen and oxygen atoms in total. The molecule has 0 bridgehead atoms. The second-order valence-corrected chi connectivity index (χ2v) is 5.18. The van der Waals surface area contributed by atoms with Crippen LogP contribution < -0.4 is 5.32 Å². The molecule has 0 saturated carbocycles. The highest BCUT2D eigenvalue weighted by Gasteiger charge is 2.10. The predicted molar refractivity (Wildman–Crippen MR) is 75.5 cm³/mol. The Morgan fingerprint density at radius 3 is 3.05 bits per heavy atom. The Balaban J connectivity index is 1.94. The lowest BCUT2D eigenvalue weighted by Crippen LogP contribution is -2.10. The first-order valence-electron chi connectivity index (χ1n) is 5.79. The van der Waals surface area contributed by atoms with Crippen LogP contribution in [0, 0.1) is 6.92 Å². The summed E-state index contributed by atoms with van der Waals surface area (Å²) in [6.45, 7) is 1.93. The number of carbonyl (C=O) groups is 1. The van der Waals surface area contributed by atoms with E-state index in [1.807, 2.05) is 31.5 Å². The minimum absolute atomic E-state index is 0.113. The van der Waals surface area contributed by atoms with Crippen LogP contribution in [0.5, 0.6) is 0 Å². The Morgan fingerprint density at radius 2 is 2.32 bits per heavy atom. The predicted octanol–water partition coefficient (Wildman–Crippen LogP) is 2.59. The fraction of sp³-hybridized carbons (Fsp3) is 0.154. The maximum atomic E-state index is 12.0. The normalized spacial score (nSPS) is 10.8. The largest absolute Gasteiger partial charge is 0.320 e. The standard InChI is InChI=1S/C13H12N4OS/c1-8-10-6-9(7-14-12(10)17(2)16-8)15-13(18)11-4-3-5-19-11/h3-7H,1-2H3,(H,15,18). The van der Waals surface area contributed by atoms with E-state index in [4.69, 9.17) is 0 Å². The average molecular weight is 272 g/mol. The van der Waals surface area contributed by atoms with Crippen LogP contribution in [-0.4, -0.2) is 20.7 Å². The van der Waals surface area contributed by atoms with Gasteiger partial charge in [-0.25, -0.2) is 4.98 Å². The number of nitrogens with one attached hydrogen (secondary N) is 1. The first-order chi connectivity index (χ1) is 9.15. The quantitative estimate of drug-likeness (QED) is 0.780. The minimum atomic E-state index is -0.113. The maximum Gasteiger partial charge on any atom is 0.265 e. The van der Waals surface area contributed by atoms with Crippen molar-refractivity contribution in [2.24, 2.45) is 7.05 Å². The van der Waals surface area contributed by atoms with Gasteiger partial charge < -0.3 is 5.32 Å². The van der Waals surface area contributed by atoms with Crippen molar-refractivity contribution >= 4 is 34.0 Å². The molecule has 1 amide bonds. The third-order valence-electron chi connectivity index (χ3n) is 2.87. The summed E-state index contributed by atoms with van der Waals surface area (Å²) in [5.41, 5.74) is 2.39. The second-order valence-electron chi connectivity index (χ2n) is 4.24. The third-order valence-corrected chi connectivity index (χ3v) is 3.73. The number of anilines is 1. The van der Waals surface area contributed by atoms with E-state index in [1.54, 1.807) is 16.9 Å². The van der Waals surface area contributed by atoms with Crippen molar-refractivity contribution in [1.82, 2.24) is 14.8 Å². The Hall–Kier alpha value is -2.21. The molecule has 0 radical (unpaired) electrons. The van der Waals surface area contributed by atoms with Gasteiger partial charge in [0.1, 0.15) is 0 Å². The van der Waals surface area contributed by atoms with Gasteiger partial charge in [0.25, 0.3) is 5.91 Å². The van der Waals surface area contributed by atoms with Gasteiger partial charge >= 0.3 is 0 Å². The molecule has 3 aromatic heterocycles. The van der Waals surface area contributed by atoms with E-state index in [-0.39, 0.29) is 5.91 Å². The summed E-state index contributed by atoms with van der Waals surface area (Å²) < 4.78 is 1.73. The van der Waals surface area contributed by atoms with E-state index in [2.05, 4.69) is 15.4 Å². The van der Waals surface area contributed by atoms with Crippen LogP contribution >= 0.6 is 11.3 Å². The summed E-state index contributed by atoms with van der Waals surface area (Å²) in [6, 6.07) is 5.55. The molecular formula is C13H12N4OS. The second kappa shape index (κ2) is 4.47. The molecule has 0 aliphatic rings. The summed E-state index contributed by atoms with van der Waals surface area (Å²) in [4.78, 5) is 17.0. The van der Waals surface area contributed by atoms with Gasteiger partial charge in [0.15, 0.2) is 5.65 Å². The van der Waals surface area contributed by atoms with Crippen LogP contribution in [0.2, 0.25) is 0 Å². The van der Waals surface area contributed by atoms with Gasteiger partial charge in [-0.2, -0.15) is 5.10 Å². The Bertz CT molecular complexity index is 745. The number of hydrogen-bond donors (Lipinski definition) is 1. The van der Waals surface area contributed by atoms with Crippen molar-refractivity contribution in [3.05, 3.63) is 40.3 Å². The van der Waals surface area contributed by atoms with E-state index in [0.717, 1.165) is 16.7 Å². The van der Waals surface area contributed by atoms with Crippen molar-refractivity contribution < 1.29 is 4.79 Å². The molecule has 0 aliphatic heterocycles. The molecule has 0 unspecified atom stereocenters. The zero-order valence-corrected chi connectivity index (χ0v) is 11.4. The monoisotopic (exact) mass is 272 g/mol. The highest BCUT2D eigenvalue weighted by Crippen LogP contribution is 2.20. The summed E-state index contributed by atoms with van der Waals surface area (Å²) in [7, 11) is 1.85. The van der Waals surface area contributed by atoms with Gasteiger partial charge in [-0.15, -0.1) is 11.3 Å². The molecule has 0 fully saturated rings. The highest BCUT2D eigenvalue weighted by molar-refractivity contribution is 7.12. The summed E-state index contributed by atoms with van der Waals surface area (Å²) in [5.74, 6) is -0.113. The first-order valence-corrected chi connectivity index (χ1v) is 6.67. The Morgan fingerprint density at radius 1 is 1.47 bits per heavy atom. The summed E-state index contributed by atoms with van der Waals surface area (Å²) in [5, 5.41) is 9.98. The van der Waals surface area contributed by atoms with Gasteiger partial charge in [-0.05, 0) is 24.4 Å².